The molecule has 0 spiro atoms. The highest BCUT2D eigenvalue weighted by Gasteiger charge is 2.23. The second kappa shape index (κ2) is 11.3. The van der Waals surface area contributed by atoms with Gasteiger partial charge in [0.15, 0.2) is 0 Å². The molecule has 7 nitrogen and oxygen atoms in total. The van der Waals surface area contributed by atoms with Gasteiger partial charge in [0.05, 0.1) is 13.7 Å². The van der Waals surface area contributed by atoms with Crippen molar-refractivity contribution < 1.29 is 19.1 Å². The van der Waals surface area contributed by atoms with Gasteiger partial charge in [-0.15, -0.1) is 0 Å². The lowest BCUT2D eigenvalue weighted by Gasteiger charge is -2.22. The molecule has 2 amide bonds. The second-order valence-corrected chi connectivity index (χ2v) is 9.44. The van der Waals surface area contributed by atoms with Crippen molar-refractivity contribution in [1.82, 2.24) is 14.8 Å². The summed E-state index contributed by atoms with van der Waals surface area (Å²) < 4.78 is 10.7. The molecule has 4 rings (SSSR count). The molecule has 186 valence electrons. The van der Waals surface area contributed by atoms with Gasteiger partial charge in [0.2, 0.25) is 5.91 Å². The second-order valence-electron chi connectivity index (χ2n) is 9.44. The Balaban J connectivity index is 1.43. The van der Waals surface area contributed by atoms with Crippen LogP contribution in [0, 0.1) is 5.92 Å². The number of methoxy groups -OCH3 is 1. The molecule has 1 aliphatic heterocycles. The third kappa shape index (κ3) is 5.96. The van der Waals surface area contributed by atoms with Crippen molar-refractivity contribution in [1.29, 1.82) is 0 Å². The predicted molar refractivity (Wildman–Crippen MR) is 138 cm³/mol. The molecule has 1 N–H and O–H groups in total. The zero-order valence-electron chi connectivity index (χ0n) is 20.9. The number of H-pyrrole nitrogens is 1. The number of ether oxygens (including phenoxy) is 2. The number of nitrogens with one attached hydrogen (secondary N) is 1. The Bertz CT molecular complexity index is 1150. The van der Waals surface area contributed by atoms with Gasteiger partial charge in [-0.05, 0) is 60.2 Å². The summed E-state index contributed by atoms with van der Waals surface area (Å²) in [5.41, 5.74) is 4.31. The van der Waals surface area contributed by atoms with E-state index in [1.807, 2.05) is 55.1 Å². The van der Waals surface area contributed by atoms with Gasteiger partial charge in [0.1, 0.15) is 5.75 Å². The molecule has 2 heterocycles. The van der Waals surface area contributed by atoms with Crippen LogP contribution in [0.4, 0.5) is 4.79 Å². The van der Waals surface area contributed by atoms with E-state index in [0.717, 1.165) is 39.9 Å². The van der Waals surface area contributed by atoms with Gasteiger partial charge in [-0.25, -0.2) is 4.79 Å². The van der Waals surface area contributed by atoms with Crippen molar-refractivity contribution in [3.8, 4) is 17.0 Å². The number of benzene rings is 2. The van der Waals surface area contributed by atoms with Crippen LogP contribution in [0.3, 0.4) is 0 Å². The van der Waals surface area contributed by atoms with Crippen molar-refractivity contribution in [2.24, 2.45) is 5.92 Å². The predicted octanol–water partition coefficient (Wildman–Crippen LogP) is 5.10. The van der Waals surface area contributed by atoms with E-state index >= 15 is 0 Å². The van der Waals surface area contributed by atoms with Crippen LogP contribution in [0.2, 0.25) is 0 Å². The first-order chi connectivity index (χ1) is 17.0. The summed E-state index contributed by atoms with van der Waals surface area (Å²) in [6.07, 6.45) is 1.53. The van der Waals surface area contributed by atoms with Gasteiger partial charge in [0.25, 0.3) is 0 Å². The average Bonchev–Trinajstić information content (AvgIpc) is 3.05. The Kier molecular flexibility index (Phi) is 7.95. The summed E-state index contributed by atoms with van der Waals surface area (Å²) in [6, 6.07) is 16.2. The van der Waals surface area contributed by atoms with Crippen molar-refractivity contribution in [2.45, 2.75) is 33.1 Å². The fourth-order valence-corrected chi connectivity index (χ4v) is 4.53. The number of aromatic nitrogens is 1. The molecule has 1 saturated heterocycles. The Hall–Kier alpha value is -3.48. The highest BCUT2D eigenvalue weighted by Crippen LogP contribution is 2.32. The van der Waals surface area contributed by atoms with Crippen molar-refractivity contribution in [2.75, 3.05) is 39.9 Å². The van der Waals surface area contributed by atoms with Crippen LogP contribution in [-0.4, -0.2) is 66.7 Å². The molecular weight excluding hydrogens is 442 g/mol. The fraction of sp³-hybridized carbons (Fsp3) is 0.429. The number of hydrogen-bond donors (Lipinski definition) is 1. The molecule has 0 saturated carbocycles. The first kappa shape index (κ1) is 24.6. The molecular formula is C28H35N3O4. The quantitative estimate of drug-likeness (QED) is 0.514. The number of carbonyl (C=O) groups is 2. The molecule has 1 aliphatic rings. The SMILES string of the molecule is COc1ccc(-c2[nH]c3ccccc3c2CCC(=O)N2CCCN(C(=O)OCC(C)C)CC2)cc1. The minimum atomic E-state index is -0.282. The summed E-state index contributed by atoms with van der Waals surface area (Å²) in [4.78, 5) is 32.7. The number of carbonyl (C=O) groups excluding carboxylic acids is 2. The number of hydrogen-bond acceptors (Lipinski definition) is 4. The molecule has 2 aromatic carbocycles. The third-order valence-corrected chi connectivity index (χ3v) is 6.43. The number of nitrogens with zero attached hydrogens (tertiary/aromatic N) is 2. The van der Waals surface area contributed by atoms with E-state index in [-0.39, 0.29) is 12.0 Å². The van der Waals surface area contributed by atoms with Gasteiger partial charge in [-0.1, -0.05) is 32.0 Å². The topological polar surface area (TPSA) is 74.9 Å². The van der Waals surface area contributed by atoms with E-state index in [4.69, 9.17) is 9.47 Å². The van der Waals surface area contributed by atoms with Crippen LogP contribution in [0.1, 0.15) is 32.3 Å². The lowest BCUT2D eigenvalue weighted by molar-refractivity contribution is -0.131. The Morgan fingerprint density at radius 2 is 1.69 bits per heavy atom. The first-order valence-corrected chi connectivity index (χ1v) is 12.4. The van der Waals surface area contributed by atoms with Crippen LogP contribution in [0.5, 0.6) is 5.75 Å². The zero-order chi connectivity index (χ0) is 24.8. The van der Waals surface area contributed by atoms with Gasteiger partial charge < -0.3 is 24.3 Å². The van der Waals surface area contributed by atoms with Gasteiger partial charge in [-0.2, -0.15) is 0 Å². The molecule has 0 bridgehead atoms. The largest absolute Gasteiger partial charge is 0.497 e. The molecule has 0 radical (unpaired) electrons. The van der Waals surface area contributed by atoms with Crippen molar-refractivity contribution in [3.05, 3.63) is 54.1 Å². The molecule has 1 fully saturated rings. The van der Waals surface area contributed by atoms with E-state index in [0.29, 0.717) is 51.5 Å². The average molecular weight is 478 g/mol. The first-order valence-electron chi connectivity index (χ1n) is 12.4. The van der Waals surface area contributed by atoms with Crippen LogP contribution in [-0.2, 0) is 16.0 Å². The number of amides is 2. The van der Waals surface area contributed by atoms with Crippen molar-refractivity contribution >= 4 is 22.9 Å². The number of rotatable bonds is 7. The maximum absolute atomic E-state index is 13.2. The molecule has 0 atom stereocenters. The summed E-state index contributed by atoms with van der Waals surface area (Å²) in [5, 5.41) is 1.14. The fourth-order valence-electron chi connectivity index (χ4n) is 4.53. The van der Waals surface area contributed by atoms with Gasteiger partial charge in [-0.3, -0.25) is 4.79 Å². The molecule has 35 heavy (non-hydrogen) atoms. The number of fused-ring (bicyclic) bond motifs is 1. The molecule has 1 aromatic heterocycles. The highest BCUT2D eigenvalue weighted by molar-refractivity contribution is 5.91. The highest BCUT2D eigenvalue weighted by atomic mass is 16.6. The molecule has 0 aliphatic carbocycles. The lowest BCUT2D eigenvalue weighted by Crippen LogP contribution is -2.38. The van der Waals surface area contributed by atoms with E-state index in [1.165, 1.54) is 0 Å². The van der Waals surface area contributed by atoms with Crippen LogP contribution in [0.15, 0.2) is 48.5 Å². The van der Waals surface area contributed by atoms with E-state index < -0.39 is 0 Å². The molecule has 0 unspecified atom stereocenters. The molecule has 7 heteroatoms. The van der Waals surface area contributed by atoms with Crippen LogP contribution in [0.25, 0.3) is 22.2 Å². The minimum Gasteiger partial charge on any atom is -0.497 e. The minimum absolute atomic E-state index is 0.119. The van der Waals surface area contributed by atoms with Crippen LogP contribution < -0.4 is 4.74 Å². The van der Waals surface area contributed by atoms with Gasteiger partial charge in [0, 0.05) is 49.2 Å². The van der Waals surface area contributed by atoms with E-state index in [1.54, 1.807) is 12.0 Å². The summed E-state index contributed by atoms with van der Waals surface area (Å²) in [5.74, 6) is 1.23. The lowest BCUT2D eigenvalue weighted by atomic mass is 10.0. The standard InChI is InChI=1S/C28H35N3O4/c1-20(2)19-35-28(33)31-16-6-15-30(17-18-31)26(32)14-13-24-23-7-4-5-8-25(23)29-27(24)21-9-11-22(34-3)12-10-21/h4-5,7-12,20,29H,6,13-19H2,1-3H3. The smallest absolute Gasteiger partial charge is 0.409 e. The van der Waals surface area contributed by atoms with Gasteiger partial charge >= 0.3 is 6.09 Å². The Morgan fingerprint density at radius 1 is 0.971 bits per heavy atom. The maximum Gasteiger partial charge on any atom is 0.409 e. The number of aryl methyl sites for hydroxylation is 1. The Labute approximate surface area is 207 Å². The third-order valence-electron chi connectivity index (χ3n) is 6.43. The van der Waals surface area contributed by atoms with E-state index in [2.05, 4.69) is 17.1 Å². The summed E-state index contributed by atoms with van der Waals surface area (Å²) in [6.45, 7) is 6.77. The summed E-state index contributed by atoms with van der Waals surface area (Å²) >= 11 is 0. The van der Waals surface area contributed by atoms with Crippen molar-refractivity contribution in [3.63, 3.8) is 0 Å². The monoisotopic (exact) mass is 477 g/mol. The number of aromatic amines is 1. The Morgan fingerprint density at radius 3 is 2.43 bits per heavy atom. The number of para-hydroxylation sites is 1. The normalized spacial score (nSPS) is 14.3. The zero-order valence-corrected chi connectivity index (χ0v) is 20.9. The van der Waals surface area contributed by atoms with E-state index in [9.17, 15) is 9.59 Å². The molecule has 3 aromatic rings. The van der Waals surface area contributed by atoms with Crippen LogP contribution >= 0.6 is 0 Å². The maximum atomic E-state index is 13.2. The summed E-state index contributed by atoms with van der Waals surface area (Å²) in [7, 11) is 1.66.